The Bertz CT molecular complexity index is 1490. The summed E-state index contributed by atoms with van der Waals surface area (Å²) in [5.74, 6) is 0.356. The molecule has 0 saturated heterocycles. The van der Waals surface area contributed by atoms with Gasteiger partial charge in [0.15, 0.2) is 0 Å². The highest BCUT2D eigenvalue weighted by Gasteiger charge is 2.29. The Hall–Kier alpha value is -3.77. The van der Waals surface area contributed by atoms with Gasteiger partial charge < -0.3 is 14.8 Å². The Morgan fingerprint density at radius 3 is 2.16 bits per heavy atom. The molecule has 38 heavy (non-hydrogen) atoms. The summed E-state index contributed by atoms with van der Waals surface area (Å²) in [5, 5.41) is 2.64. The van der Waals surface area contributed by atoms with E-state index in [1.807, 2.05) is 13.8 Å². The smallest absolute Gasteiger partial charge is 0.262 e. The first-order valence-electron chi connectivity index (χ1n) is 11.7. The van der Waals surface area contributed by atoms with Crippen molar-refractivity contribution in [1.29, 1.82) is 0 Å². The third-order valence-electron chi connectivity index (χ3n) is 5.52. The molecule has 0 spiro atoms. The van der Waals surface area contributed by atoms with Gasteiger partial charge in [-0.2, -0.15) is 0 Å². The van der Waals surface area contributed by atoms with Crippen LogP contribution >= 0.6 is 0 Å². The van der Waals surface area contributed by atoms with Crippen LogP contribution < -0.4 is 23.8 Å². The number of ether oxygens (including phenoxy) is 2. The Kier molecular flexibility index (Phi) is 8.89. The number of benzene rings is 3. The Morgan fingerprint density at radius 2 is 1.61 bits per heavy atom. The molecular formula is C26H31N3O7S2. The Labute approximate surface area is 223 Å². The van der Waals surface area contributed by atoms with Crippen LogP contribution in [0.5, 0.6) is 11.5 Å². The molecule has 0 aliphatic rings. The molecule has 0 radical (unpaired) electrons. The quantitative estimate of drug-likeness (QED) is 0.362. The van der Waals surface area contributed by atoms with Gasteiger partial charge in [-0.1, -0.05) is 6.07 Å². The van der Waals surface area contributed by atoms with Gasteiger partial charge >= 0.3 is 0 Å². The van der Waals surface area contributed by atoms with Gasteiger partial charge in [0, 0.05) is 5.69 Å². The highest BCUT2D eigenvalue weighted by atomic mass is 32.2. The molecular weight excluding hydrogens is 530 g/mol. The first-order chi connectivity index (χ1) is 17.9. The van der Waals surface area contributed by atoms with Crippen LogP contribution in [-0.4, -0.2) is 48.8 Å². The second kappa shape index (κ2) is 11.7. The molecule has 1 amide bonds. The van der Waals surface area contributed by atoms with Crippen molar-refractivity contribution < 1.29 is 31.1 Å². The minimum Gasteiger partial charge on any atom is -0.495 e. The van der Waals surface area contributed by atoms with Crippen molar-refractivity contribution in [3.63, 3.8) is 0 Å². The van der Waals surface area contributed by atoms with Gasteiger partial charge in [0.05, 0.1) is 36.2 Å². The summed E-state index contributed by atoms with van der Waals surface area (Å²) in [6, 6.07) is 15.9. The van der Waals surface area contributed by atoms with Crippen LogP contribution in [0.1, 0.15) is 19.4 Å². The fourth-order valence-corrected chi connectivity index (χ4v) is 5.97. The summed E-state index contributed by atoms with van der Waals surface area (Å²) < 4.78 is 65.1. The molecule has 12 heteroatoms. The van der Waals surface area contributed by atoms with Crippen LogP contribution in [0.4, 0.5) is 17.1 Å². The Morgan fingerprint density at radius 1 is 0.974 bits per heavy atom. The van der Waals surface area contributed by atoms with Crippen LogP contribution in [0.15, 0.2) is 71.6 Å². The topological polar surface area (TPSA) is 131 Å². The number of hydrogen-bond acceptors (Lipinski definition) is 7. The van der Waals surface area contributed by atoms with Gasteiger partial charge in [0.25, 0.3) is 10.0 Å². The first-order valence-corrected chi connectivity index (χ1v) is 15.0. The van der Waals surface area contributed by atoms with E-state index in [4.69, 9.17) is 9.47 Å². The predicted octanol–water partition coefficient (Wildman–Crippen LogP) is 4.00. The SMILES string of the molecule is CCOc1ccc(N([C@H](C)C(=O)Nc2ccc(S(=O)(=O)Nc3cc(C)ccc3OC)cc2)S(C)(=O)=O)cc1. The largest absolute Gasteiger partial charge is 0.495 e. The van der Waals surface area contributed by atoms with E-state index in [9.17, 15) is 21.6 Å². The van der Waals surface area contributed by atoms with Gasteiger partial charge in [0.1, 0.15) is 17.5 Å². The van der Waals surface area contributed by atoms with Crippen LogP contribution in [0, 0.1) is 6.92 Å². The zero-order valence-corrected chi connectivity index (χ0v) is 23.4. The number of nitrogens with one attached hydrogen (secondary N) is 2. The molecule has 0 fully saturated rings. The second-order valence-electron chi connectivity index (χ2n) is 8.48. The lowest BCUT2D eigenvalue weighted by Crippen LogP contribution is -2.45. The number of rotatable bonds is 11. The summed E-state index contributed by atoms with van der Waals surface area (Å²) >= 11 is 0. The van der Waals surface area contributed by atoms with Gasteiger partial charge in [-0.05, 0) is 87.0 Å². The van der Waals surface area contributed by atoms with Gasteiger partial charge in [-0.25, -0.2) is 16.8 Å². The van der Waals surface area contributed by atoms with E-state index in [1.54, 1.807) is 42.5 Å². The van der Waals surface area contributed by atoms with E-state index in [0.29, 0.717) is 35.2 Å². The lowest BCUT2D eigenvalue weighted by Gasteiger charge is -2.28. The van der Waals surface area contributed by atoms with E-state index >= 15 is 0 Å². The van der Waals surface area contributed by atoms with Gasteiger partial charge in [0.2, 0.25) is 15.9 Å². The molecule has 0 bridgehead atoms. The molecule has 3 aromatic carbocycles. The molecule has 204 valence electrons. The maximum atomic E-state index is 13.0. The minimum atomic E-state index is -3.94. The summed E-state index contributed by atoms with van der Waals surface area (Å²) in [6.45, 7) is 5.59. The van der Waals surface area contributed by atoms with E-state index in [0.717, 1.165) is 16.1 Å². The van der Waals surface area contributed by atoms with Crippen molar-refractivity contribution in [2.45, 2.75) is 31.7 Å². The number of carbonyl (C=O) groups is 1. The molecule has 3 aromatic rings. The van der Waals surface area contributed by atoms with Gasteiger partial charge in [-0.3, -0.25) is 13.8 Å². The zero-order valence-electron chi connectivity index (χ0n) is 21.8. The van der Waals surface area contributed by atoms with Crippen molar-refractivity contribution in [2.75, 3.05) is 34.3 Å². The number of nitrogens with zero attached hydrogens (tertiary/aromatic N) is 1. The fourth-order valence-electron chi connectivity index (χ4n) is 3.73. The van der Waals surface area contributed by atoms with Crippen molar-refractivity contribution in [3.8, 4) is 11.5 Å². The average Bonchev–Trinajstić information content (AvgIpc) is 2.85. The number of aryl methyl sites for hydroxylation is 1. The van der Waals surface area contributed by atoms with E-state index in [2.05, 4.69) is 10.0 Å². The number of sulfonamides is 2. The monoisotopic (exact) mass is 561 g/mol. The molecule has 0 unspecified atom stereocenters. The molecule has 0 aliphatic heterocycles. The van der Waals surface area contributed by atoms with Crippen LogP contribution in [0.3, 0.4) is 0 Å². The van der Waals surface area contributed by atoms with Crippen LogP contribution in [-0.2, 0) is 24.8 Å². The number of hydrogen-bond donors (Lipinski definition) is 2. The summed E-state index contributed by atoms with van der Waals surface area (Å²) in [7, 11) is -6.31. The molecule has 0 aliphatic carbocycles. The van der Waals surface area contributed by atoms with Crippen molar-refractivity contribution in [3.05, 3.63) is 72.3 Å². The fraction of sp³-hybridized carbons (Fsp3) is 0.269. The summed E-state index contributed by atoms with van der Waals surface area (Å²) in [4.78, 5) is 13.0. The Balaban J connectivity index is 1.77. The molecule has 2 N–H and O–H groups in total. The van der Waals surface area contributed by atoms with Crippen molar-refractivity contribution in [2.24, 2.45) is 0 Å². The molecule has 0 heterocycles. The molecule has 3 rings (SSSR count). The number of anilines is 3. The maximum Gasteiger partial charge on any atom is 0.262 e. The van der Waals surface area contributed by atoms with Crippen LogP contribution in [0.2, 0.25) is 0 Å². The standard InChI is InChI=1S/C26H31N3O7S2/c1-6-36-22-12-10-21(11-13-22)29(37(5,31)32)19(3)26(30)27-20-8-14-23(15-9-20)38(33,34)28-24-17-18(2)7-16-25(24)35-4/h7-17,19,28H,6H2,1-5H3,(H,27,30)/t19-/m1/s1. The lowest BCUT2D eigenvalue weighted by molar-refractivity contribution is -0.116. The lowest BCUT2D eigenvalue weighted by atomic mass is 10.2. The number of methoxy groups -OCH3 is 1. The van der Waals surface area contributed by atoms with E-state index in [-0.39, 0.29) is 4.90 Å². The molecule has 0 aromatic heterocycles. The highest BCUT2D eigenvalue weighted by Crippen LogP contribution is 2.28. The van der Waals surface area contributed by atoms with Crippen molar-refractivity contribution >= 4 is 43.0 Å². The molecule has 1 atom stereocenters. The molecule has 0 saturated carbocycles. The van der Waals surface area contributed by atoms with Crippen molar-refractivity contribution in [1.82, 2.24) is 0 Å². The normalized spacial score (nSPS) is 12.3. The zero-order chi connectivity index (χ0) is 28.1. The number of carbonyl (C=O) groups excluding carboxylic acids is 1. The first kappa shape index (κ1) is 28.8. The summed E-state index contributed by atoms with van der Waals surface area (Å²) in [6.07, 6.45) is 1.02. The third-order valence-corrected chi connectivity index (χ3v) is 8.15. The maximum absolute atomic E-state index is 13.0. The van der Waals surface area contributed by atoms with E-state index < -0.39 is 32.0 Å². The van der Waals surface area contributed by atoms with Crippen LogP contribution in [0.25, 0.3) is 0 Å². The third kappa shape index (κ3) is 6.95. The van der Waals surface area contributed by atoms with E-state index in [1.165, 1.54) is 38.3 Å². The predicted molar refractivity (Wildman–Crippen MR) is 148 cm³/mol. The average molecular weight is 562 g/mol. The second-order valence-corrected chi connectivity index (χ2v) is 12.0. The number of amides is 1. The summed E-state index contributed by atoms with van der Waals surface area (Å²) in [5.41, 5.74) is 1.75. The minimum absolute atomic E-state index is 0.0285. The van der Waals surface area contributed by atoms with Gasteiger partial charge in [-0.15, -0.1) is 0 Å². The molecule has 10 nitrogen and oxygen atoms in total. The highest BCUT2D eigenvalue weighted by molar-refractivity contribution is 7.92.